The van der Waals surface area contributed by atoms with Crippen molar-refractivity contribution in [1.29, 1.82) is 0 Å². The van der Waals surface area contributed by atoms with Gasteiger partial charge in [-0.05, 0) is 48.9 Å². The number of anilines is 1. The van der Waals surface area contributed by atoms with Crippen molar-refractivity contribution < 1.29 is 4.79 Å². The SMILES string of the molecule is Nc1ccc(C(=O)N2CCC3(CCCCC3)C2)cc1. The first-order valence-electron chi connectivity index (χ1n) is 7.33. The standard InChI is InChI=1S/C16H22N2O/c17-14-6-4-13(5-7-14)15(19)18-11-10-16(12-18)8-2-1-3-9-16/h4-7H,1-3,8-12,17H2. The molecule has 1 spiro atoms. The summed E-state index contributed by atoms with van der Waals surface area (Å²) in [4.78, 5) is 14.5. The molecule has 0 radical (unpaired) electrons. The summed E-state index contributed by atoms with van der Waals surface area (Å²) >= 11 is 0. The Kier molecular flexibility index (Phi) is 3.21. The van der Waals surface area contributed by atoms with Crippen molar-refractivity contribution in [2.75, 3.05) is 18.8 Å². The third kappa shape index (κ3) is 2.46. The molecule has 1 aliphatic heterocycles. The Morgan fingerprint density at radius 1 is 1.05 bits per heavy atom. The Morgan fingerprint density at radius 3 is 2.42 bits per heavy atom. The molecule has 1 aromatic carbocycles. The lowest BCUT2D eigenvalue weighted by Crippen LogP contribution is -2.33. The summed E-state index contributed by atoms with van der Waals surface area (Å²) in [6.45, 7) is 1.87. The maximum absolute atomic E-state index is 12.5. The normalized spacial score (nSPS) is 21.8. The van der Waals surface area contributed by atoms with Crippen LogP contribution in [0.15, 0.2) is 24.3 Å². The molecule has 3 heteroatoms. The molecule has 102 valence electrons. The molecule has 19 heavy (non-hydrogen) atoms. The van der Waals surface area contributed by atoms with E-state index >= 15 is 0 Å². The molecule has 0 aromatic heterocycles. The van der Waals surface area contributed by atoms with Crippen LogP contribution in [-0.2, 0) is 0 Å². The van der Waals surface area contributed by atoms with Gasteiger partial charge in [0.05, 0.1) is 0 Å². The minimum atomic E-state index is 0.169. The van der Waals surface area contributed by atoms with Crippen LogP contribution in [0.2, 0.25) is 0 Å². The topological polar surface area (TPSA) is 46.3 Å². The number of amides is 1. The summed E-state index contributed by atoms with van der Waals surface area (Å²) in [6.07, 6.45) is 7.84. The summed E-state index contributed by atoms with van der Waals surface area (Å²) in [5, 5.41) is 0. The van der Waals surface area contributed by atoms with Crippen LogP contribution < -0.4 is 5.73 Å². The van der Waals surface area contributed by atoms with E-state index < -0.39 is 0 Å². The second kappa shape index (κ2) is 4.87. The minimum absolute atomic E-state index is 0.169. The number of carbonyl (C=O) groups excluding carboxylic acids is 1. The van der Waals surface area contributed by atoms with Crippen molar-refractivity contribution in [1.82, 2.24) is 4.90 Å². The summed E-state index contributed by atoms with van der Waals surface area (Å²) < 4.78 is 0. The lowest BCUT2D eigenvalue weighted by molar-refractivity contribution is 0.0759. The molecular formula is C16H22N2O. The molecule has 1 aliphatic carbocycles. The number of rotatable bonds is 1. The predicted octanol–water partition coefficient (Wildman–Crippen LogP) is 3.07. The number of likely N-dealkylation sites (tertiary alicyclic amines) is 1. The highest BCUT2D eigenvalue weighted by Gasteiger charge is 2.40. The fraction of sp³-hybridized carbons (Fsp3) is 0.562. The van der Waals surface area contributed by atoms with E-state index in [9.17, 15) is 4.79 Å². The number of carbonyl (C=O) groups is 1. The van der Waals surface area contributed by atoms with Crippen LogP contribution in [0.25, 0.3) is 0 Å². The van der Waals surface area contributed by atoms with Crippen molar-refractivity contribution in [2.45, 2.75) is 38.5 Å². The number of benzene rings is 1. The minimum Gasteiger partial charge on any atom is -0.399 e. The van der Waals surface area contributed by atoms with Crippen LogP contribution >= 0.6 is 0 Å². The molecule has 1 amide bonds. The average molecular weight is 258 g/mol. The number of hydrogen-bond donors (Lipinski definition) is 1. The average Bonchev–Trinajstić information content (AvgIpc) is 2.83. The molecule has 3 nitrogen and oxygen atoms in total. The van der Waals surface area contributed by atoms with Gasteiger partial charge in [0.2, 0.25) is 0 Å². The molecule has 0 bridgehead atoms. The highest BCUT2D eigenvalue weighted by Crippen LogP contribution is 2.43. The van der Waals surface area contributed by atoms with Gasteiger partial charge in [-0.1, -0.05) is 19.3 Å². The smallest absolute Gasteiger partial charge is 0.253 e. The van der Waals surface area contributed by atoms with Crippen LogP contribution in [0, 0.1) is 5.41 Å². The Hall–Kier alpha value is -1.51. The van der Waals surface area contributed by atoms with Gasteiger partial charge in [-0.15, -0.1) is 0 Å². The molecule has 2 aliphatic rings. The first kappa shape index (κ1) is 12.5. The summed E-state index contributed by atoms with van der Waals surface area (Å²) in [5.41, 5.74) is 7.58. The highest BCUT2D eigenvalue weighted by molar-refractivity contribution is 5.94. The van der Waals surface area contributed by atoms with Gasteiger partial charge in [0.15, 0.2) is 0 Å². The second-order valence-electron chi connectivity index (χ2n) is 6.16. The molecule has 0 atom stereocenters. The van der Waals surface area contributed by atoms with Gasteiger partial charge >= 0.3 is 0 Å². The third-order valence-corrected chi connectivity index (χ3v) is 4.80. The Morgan fingerprint density at radius 2 is 1.74 bits per heavy atom. The van der Waals surface area contributed by atoms with Crippen molar-refractivity contribution >= 4 is 11.6 Å². The first-order chi connectivity index (χ1) is 9.19. The van der Waals surface area contributed by atoms with Crippen molar-refractivity contribution in [2.24, 2.45) is 5.41 Å². The van der Waals surface area contributed by atoms with Gasteiger partial charge in [0.1, 0.15) is 0 Å². The summed E-state index contributed by atoms with van der Waals surface area (Å²) in [5.74, 6) is 0.169. The second-order valence-corrected chi connectivity index (χ2v) is 6.16. The largest absolute Gasteiger partial charge is 0.399 e. The Balaban J connectivity index is 1.70. The van der Waals surface area contributed by atoms with Crippen LogP contribution in [0.1, 0.15) is 48.9 Å². The van der Waals surface area contributed by atoms with Gasteiger partial charge in [0, 0.05) is 24.3 Å². The molecule has 3 rings (SSSR count). The van der Waals surface area contributed by atoms with E-state index in [-0.39, 0.29) is 5.91 Å². The fourth-order valence-electron chi connectivity index (χ4n) is 3.63. The van der Waals surface area contributed by atoms with Crippen molar-refractivity contribution in [3.63, 3.8) is 0 Å². The van der Waals surface area contributed by atoms with Crippen LogP contribution in [0.4, 0.5) is 5.69 Å². The van der Waals surface area contributed by atoms with Gasteiger partial charge in [-0.25, -0.2) is 0 Å². The Labute approximate surface area is 114 Å². The quantitative estimate of drug-likeness (QED) is 0.787. The van der Waals surface area contributed by atoms with Crippen LogP contribution in [0.5, 0.6) is 0 Å². The third-order valence-electron chi connectivity index (χ3n) is 4.80. The van der Waals surface area contributed by atoms with E-state index in [2.05, 4.69) is 0 Å². The zero-order valence-electron chi connectivity index (χ0n) is 11.4. The van der Waals surface area contributed by atoms with E-state index in [1.54, 1.807) is 12.1 Å². The first-order valence-corrected chi connectivity index (χ1v) is 7.33. The van der Waals surface area contributed by atoms with E-state index in [0.29, 0.717) is 11.1 Å². The molecular weight excluding hydrogens is 236 g/mol. The van der Waals surface area contributed by atoms with E-state index in [0.717, 1.165) is 18.7 Å². The van der Waals surface area contributed by atoms with E-state index in [1.165, 1.54) is 38.5 Å². The van der Waals surface area contributed by atoms with Gasteiger partial charge in [0.25, 0.3) is 5.91 Å². The molecule has 1 heterocycles. The summed E-state index contributed by atoms with van der Waals surface area (Å²) in [7, 11) is 0. The maximum Gasteiger partial charge on any atom is 0.253 e. The molecule has 1 saturated heterocycles. The lowest BCUT2D eigenvalue weighted by Gasteiger charge is -2.33. The number of nitrogens with zero attached hydrogens (tertiary/aromatic N) is 1. The molecule has 2 fully saturated rings. The number of hydrogen-bond acceptors (Lipinski definition) is 2. The monoisotopic (exact) mass is 258 g/mol. The molecule has 1 saturated carbocycles. The van der Waals surface area contributed by atoms with Gasteiger partial charge in [-0.3, -0.25) is 4.79 Å². The number of nitrogens with two attached hydrogens (primary N) is 1. The van der Waals surface area contributed by atoms with Crippen molar-refractivity contribution in [3.05, 3.63) is 29.8 Å². The Bertz CT molecular complexity index is 460. The van der Waals surface area contributed by atoms with E-state index in [1.807, 2.05) is 17.0 Å². The zero-order chi connectivity index (χ0) is 13.3. The maximum atomic E-state index is 12.5. The van der Waals surface area contributed by atoms with E-state index in [4.69, 9.17) is 5.73 Å². The molecule has 1 aromatic rings. The molecule has 2 N–H and O–H groups in total. The van der Waals surface area contributed by atoms with Gasteiger partial charge < -0.3 is 10.6 Å². The van der Waals surface area contributed by atoms with Crippen molar-refractivity contribution in [3.8, 4) is 0 Å². The highest BCUT2D eigenvalue weighted by atomic mass is 16.2. The number of nitrogen functional groups attached to an aromatic ring is 1. The summed E-state index contributed by atoms with van der Waals surface area (Å²) in [6, 6.07) is 7.28. The zero-order valence-corrected chi connectivity index (χ0v) is 11.4. The van der Waals surface area contributed by atoms with Crippen LogP contribution in [0.3, 0.4) is 0 Å². The molecule has 0 unspecified atom stereocenters. The van der Waals surface area contributed by atoms with Crippen LogP contribution in [-0.4, -0.2) is 23.9 Å². The van der Waals surface area contributed by atoms with Gasteiger partial charge in [-0.2, -0.15) is 0 Å². The predicted molar refractivity (Wildman–Crippen MR) is 76.9 cm³/mol. The lowest BCUT2D eigenvalue weighted by atomic mass is 9.73. The fourth-order valence-corrected chi connectivity index (χ4v) is 3.63.